The monoisotopic (exact) mass is 302 g/mol. The highest BCUT2D eigenvalue weighted by atomic mass is 35.5. The molecule has 0 amide bonds. The van der Waals surface area contributed by atoms with E-state index in [4.69, 9.17) is 21.6 Å². The third kappa shape index (κ3) is 3.50. The number of rotatable bonds is 5. The quantitative estimate of drug-likeness (QED) is 0.622. The molecule has 2 aromatic rings. The predicted molar refractivity (Wildman–Crippen MR) is 78.5 cm³/mol. The molecule has 0 aliphatic carbocycles. The lowest BCUT2D eigenvalue weighted by Crippen LogP contribution is -2.05. The molecular weight excluding hydrogens is 292 g/mol. The van der Waals surface area contributed by atoms with Crippen LogP contribution in [-0.4, -0.2) is 11.5 Å². The summed E-state index contributed by atoms with van der Waals surface area (Å²) in [4.78, 5) is 10.5. The van der Waals surface area contributed by atoms with Crippen molar-refractivity contribution in [2.45, 2.75) is 6.42 Å². The van der Waals surface area contributed by atoms with Gasteiger partial charge in [0.15, 0.2) is 0 Å². The Hall–Kier alpha value is -2.58. The molecule has 106 valence electrons. The first-order valence-corrected chi connectivity index (χ1v) is 6.55. The van der Waals surface area contributed by atoms with Gasteiger partial charge in [0, 0.05) is 18.1 Å². The summed E-state index contributed by atoms with van der Waals surface area (Å²) in [6, 6.07) is 13.4. The molecule has 21 heavy (non-hydrogen) atoms. The van der Waals surface area contributed by atoms with Crippen LogP contribution in [-0.2, 0) is 6.42 Å². The third-order valence-electron chi connectivity index (χ3n) is 2.90. The normalized spacial score (nSPS) is 9.90. The topological polar surface area (TPSA) is 76.2 Å². The molecule has 0 fully saturated rings. The van der Waals surface area contributed by atoms with Crippen LogP contribution in [0.25, 0.3) is 0 Å². The predicted octanol–water partition coefficient (Wildman–Crippen LogP) is 3.74. The second-order valence-corrected chi connectivity index (χ2v) is 4.62. The standard InChI is InChI=1S/C15H11ClN2O3/c16-13-5-3-7-15(12(13)10-17)21-9-8-11-4-1-2-6-14(11)18(19)20/h1-7H,8-9H2. The van der Waals surface area contributed by atoms with Gasteiger partial charge in [-0.1, -0.05) is 35.9 Å². The van der Waals surface area contributed by atoms with Gasteiger partial charge in [-0.15, -0.1) is 0 Å². The molecule has 0 N–H and O–H groups in total. The second kappa shape index (κ2) is 6.73. The smallest absolute Gasteiger partial charge is 0.272 e. The van der Waals surface area contributed by atoms with E-state index < -0.39 is 4.92 Å². The molecule has 0 atom stereocenters. The summed E-state index contributed by atoms with van der Waals surface area (Å²) in [5.74, 6) is 0.378. The molecule has 0 bridgehead atoms. The summed E-state index contributed by atoms with van der Waals surface area (Å²) in [5.41, 5.74) is 0.914. The Bertz CT molecular complexity index is 710. The fourth-order valence-electron chi connectivity index (χ4n) is 1.90. The molecule has 0 spiro atoms. The fourth-order valence-corrected chi connectivity index (χ4v) is 2.11. The van der Waals surface area contributed by atoms with Gasteiger partial charge in [-0.05, 0) is 12.1 Å². The first kappa shape index (κ1) is 14.8. The largest absolute Gasteiger partial charge is 0.492 e. The van der Waals surface area contributed by atoms with Crippen LogP contribution < -0.4 is 4.74 Å². The minimum atomic E-state index is -0.421. The Morgan fingerprint density at radius 2 is 2.00 bits per heavy atom. The summed E-state index contributed by atoms with van der Waals surface area (Å²) in [7, 11) is 0. The van der Waals surface area contributed by atoms with Crippen LogP contribution in [0.15, 0.2) is 42.5 Å². The zero-order valence-electron chi connectivity index (χ0n) is 11.0. The Balaban J connectivity index is 2.08. The van der Waals surface area contributed by atoms with E-state index in [-0.39, 0.29) is 17.9 Å². The van der Waals surface area contributed by atoms with Crippen molar-refractivity contribution in [1.82, 2.24) is 0 Å². The number of nitrogens with zero attached hydrogens (tertiary/aromatic N) is 2. The zero-order chi connectivity index (χ0) is 15.2. The van der Waals surface area contributed by atoms with Gasteiger partial charge < -0.3 is 4.74 Å². The van der Waals surface area contributed by atoms with Gasteiger partial charge in [-0.2, -0.15) is 5.26 Å². The molecular formula is C15H11ClN2O3. The van der Waals surface area contributed by atoms with E-state index in [1.165, 1.54) is 6.07 Å². The van der Waals surface area contributed by atoms with Crippen molar-refractivity contribution >= 4 is 17.3 Å². The van der Waals surface area contributed by atoms with Gasteiger partial charge in [0.1, 0.15) is 17.4 Å². The molecule has 0 saturated heterocycles. The number of hydrogen-bond donors (Lipinski definition) is 0. The van der Waals surface area contributed by atoms with Gasteiger partial charge in [0.2, 0.25) is 0 Å². The zero-order valence-corrected chi connectivity index (χ0v) is 11.7. The Morgan fingerprint density at radius 1 is 1.24 bits per heavy atom. The molecule has 0 unspecified atom stereocenters. The number of hydrogen-bond acceptors (Lipinski definition) is 4. The van der Waals surface area contributed by atoms with Crippen molar-refractivity contribution in [3.05, 3.63) is 68.7 Å². The third-order valence-corrected chi connectivity index (χ3v) is 3.22. The summed E-state index contributed by atoms with van der Waals surface area (Å²) >= 11 is 5.90. The van der Waals surface area contributed by atoms with Crippen LogP contribution in [0.2, 0.25) is 5.02 Å². The van der Waals surface area contributed by atoms with Crippen LogP contribution in [0, 0.1) is 21.4 Å². The number of para-hydroxylation sites is 1. The lowest BCUT2D eigenvalue weighted by atomic mass is 10.1. The van der Waals surface area contributed by atoms with E-state index in [1.54, 1.807) is 36.4 Å². The number of nitro benzene ring substituents is 1. The van der Waals surface area contributed by atoms with E-state index in [1.807, 2.05) is 6.07 Å². The van der Waals surface area contributed by atoms with Crippen LogP contribution >= 0.6 is 11.6 Å². The van der Waals surface area contributed by atoms with Crippen molar-refractivity contribution < 1.29 is 9.66 Å². The first-order valence-electron chi connectivity index (χ1n) is 6.17. The summed E-state index contributed by atoms with van der Waals surface area (Å²) < 4.78 is 5.52. The van der Waals surface area contributed by atoms with E-state index in [9.17, 15) is 10.1 Å². The highest BCUT2D eigenvalue weighted by Gasteiger charge is 2.13. The molecule has 2 rings (SSSR count). The lowest BCUT2D eigenvalue weighted by Gasteiger charge is -2.08. The molecule has 0 heterocycles. The summed E-state index contributed by atoms with van der Waals surface area (Å²) in [6.07, 6.45) is 0.370. The maximum Gasteiger partial charge on any atom is 0.272 e. The van der Waals surface area contributed by atoms with Crippen molar-refractivity contribution in [1.29, 1.82) is 5.26 Å². The van der Waals surface area contributed by atoms with Crippen LogP contribution in [0.4, 0.5) is 5.69 Å². The Morgan fingerprint density at radius 3 is 2.71 bits per heavy atom. The van der Waals surface area contributed by atoms with Gasteiger partial charge in [0.05, 0.1) is 16.6 Å². The average Bonchev–Trinajstić information content (AvgIpc) is 2.48. The number of nitro groups is 1. The molecule has 0 radical (unpaired) electrons. The van der Waals surface area contributed by atoms with Crippen molar-refractivity contribution in [3.8, 4) is 11.8 Å². The first-order chi connectivity index (χ1) is 10.1. The Kier molecular flexibility index (Phi) is 4.75. The van der Waals surface area contributed by atoms with Crippen LogP contribution in [0.1, 0.15) is 11.1 Å². The summed E-state index contributed by atoms with van der Waals surface area (Å²) in [6.45, 7) is 0.222. The van der Waals surface area contributed by atoms with Gasteiger partial charge in [-0.25, -0.2) is 0 Å². The molecule has 0 saturated carbocycles. The molecule has 5 nitrogen and oxygen atoms in total. The van der Waals surface area contributed by atoms with E-state index in [0.29, 0.717) is 22.8 Å². The fraction of sp³-hybridized carbons (Fsp3) is 0.133. The van der Waals surface area contributed by atoms with Gasteiger partial charge >= 0.3 is 0 Å². The second-order valence-electron chi connectivity index (χ2n) is 4.21. The van der Waals surface area contributed by atoms with E-state index in [0.717, 1.165) is 0 Å². The minimum Gasteiger partial charge on any atom is -0.492 e. The lowest BCUT2D eigenvalue weighted by molar-refractivity contribution is -0.385. The van der Waals surface area contributed by atoms with Crippen molar-refractivity contribution in [2.24, 2.45) is 0 Å². The number of nitriles is 1. The van der Waals surface area contributed by atoms with Crippen LogP contribution in [0.3, 0.4) is 0 Å². The molecule has 2 aromatic carbocycles. The van der Waals surface area contributed by atoms with Gasteiger partial charge in [-0.3, -0.25) is 10.1 Å². The van der Waals surface area contributed by atoms with Crippen molar-refractivity contribution in [3.63, 3.8) is 0 Å². The number of ether oxygens (including phenoxy) is 1. The number of benzene rings is 2. The molecule has 0 aliphatic heterocycles. The van der Waals surface area contributed by atoms with Gasteiger partial charge in [0.25, 0.3) is 5.69 Å². The average molecular weight is 303 g/mol. The van der Waals surface area contributed by atoms with E-state index >= 15 is 0 Å². The minimum absolute atomic E-state index is 0.0627. The van der Waals surface area contributed by atoms with Crippen molar-refractivity contribution in [2.75, 3.05) is 6.61 Å². The summed E-state index contributed by atoms with van der Waals surface area (Å²) in [5, 5.41) is 20.3. The molecule has 0 aromatic heterocycles. The van der Waals surface area contributed by atoms with Crippen LogP contribution in [0.5, 0.6) is 5.75 Å². The SMILES string of the molecule is N#Cc1c(Cl)cccc1OCCc1ccccc1[N+](=O)[O-]. The maximum atomic E-state index is 10.9. The highest BCUT2D eigenvalue weighted by molar-refractivity contribution is 6.31. The Labute approximate surface area is 126 Å². The molecule has 0 aliphatic rings. The van der Waals surface area contributed by atoms with E-state index in [2.05, 4.69) is 0 Å². The highest BCUT2D eigenvalue weighted by Crippen LogP contribution is 2.26. The number of halogens is 1. The maximum absolute atomic E-state index is 10.9. The molecule has 6 heteroatoms.